The van der Waals surface area contributed by atoms with Gasteiger partial charge in [0.1, 0.15) is 0 Å². The third-order valence-electron chi connectivity index (χ3n) is 5.28. The Hall–Kier alpha value is -1.06. The van der Waals surface area contributed by atoms with Crippen molar-refractivity contribution >= 4 is 11.9 Å². The third-order valence-corrected chi connectivity index (χ3v) is 5.28. The van der Waals surface area contributed by atoms with Crippen LogP contribution in [0.1, 0.15) is 136 Å². The Morgan fingerprint density at radius 2 is 0.759 bits per heavy atom. The van der Waals surface area contributed by atoms with E-state index in [2.05, 4.69) is 13.8 Å². The molecule has 0 rings (SSSR count). The molecule has 0 unspecified atom stereocenters. The highest BCUT2D eigenvalue weighted by atomic mass is 16.5. The van der Waals surface area contributed by atoms with Gasteiger partial charge in [-0.2, -0.15) is 0 Å². The van der Waals surface area contributed by atoms with Gasteiger partial charge in [0.25, 0.3) is 0 Å². The first-order valence-electron chi connectivity index (χ1n) is 12.5. The monoisotopic (exact) mass is 412 g/mol. The van der Waals surface area contributed by atoms with Crippen LogP contribution in [0.2, 0.25) is 0 Å². The molecule has 4 heteroatoms. The van der Waals surface area contributed by atoms with Gasteiger partial charge in [-0.1, -0.05) is 104 Å². The summed E-state index contributed by atoms with van der Waals surface area (Å²) < 4.78 is 10.4. The van der Waals surface area contributed by atoms with E-state index < -0.39 is 0 Å². The van der Waals surface area contributed by atoms with Crippen LogP contribution in [0.5, 0.6) is 0 Å². The lowest BCUT2D eigenvalue weighted by molar-refractivity contribution is -0.145. The Balaban J connectivity index is 3.28. The number of esters is 2. The Bertz CT molecular complexity index is 368. The quantitative estimate of drug-likeness (QED) is 0.136. The van der Waals surface area contributed by atoms with Crippen LogP contribution in [0, 0.1) is 0 Å². The zero-order valence-corrected chi connectivity index (χ0v) is 19.5. The van der Waals surface area contributed by atoms with Crippen LogP contribution in [-0.2, 0) is 19.1 Å². The number of carbonyl (C=O) groups is 2. The van der Waals surface area contributed by atoms with Crippen molar-refractivity contribution in [3.05, 3.63) is 0 Å². The Kier molecular flexibility index (Phi) is 22.4. The van der Waals surface area contributed by atoms with Crippen molar-refractivity contribution in [1.82, 2.24) is 0 Å². The number of hydrogen-bond donors (Lipinski definition) is 0. The minimum absolute atomic E-state index is 0.190. The molecular weight excluding hydrogens is 364 g/mol. The molecule has 0 atom stereocenters. The predicted molar refractivity (Wildman–Crippen MR) is 121 cm³/mol. The molecule has 0 saturated carbocycles. The molecule has 0 saturated heterocycles. The smallest absolute Gasteiger partial charge is 0.305 e. The molecule has 0 bridgehead atoms. The van der Waals surface area contributed by atoms with E-state index in [-0.39, 0.29) is 11.9 Å². The lowest BCUT2D eigenvalue weighted by Crippen LogP contribution is -2.09. The molecule has 0 aromatic rings. The second kappa shape index (κ2) is 23.2. The van der Waals surface area contributed by atoms with Gasteiger partial charge in [-0.05, 0) is 19.3 Å². The maximum Gasteiger partial charge on any atom is 0.305 e. The largest absolute Gasteiger partial charge is 0.466 e. The van der Waals surface area contributed by atoms with Crippen molar-refractivity contribution in [2.24, 2.45) is 0 Å². The van der Waals surface area contributed by atoms with E-state index in [1.807, 2.05) is 0 Å². The fourth-order valence-electron chi connectivity index (χ4n) is 3.37. The van der Waals surface area contributed by atoms with Gasteiger partial charge in [0, 0.05) is 12.8 Å². The maximum absolute atomic E-state index is 11.7. The summed E-state index contributed by atoms with van der Waals surface area (Å²) in [5.74, 6) is -0.386. The Labute approximate surface area is 180 Å². The van der Waals surface area contributed by atoms with Crippen molar-refractivity contribution in [3.63, 3.8) is 0 Å². The lowest BCUT2D eigenvalue weighted by Gasteiger charge is -2.06. The summed E-state index contributed by atoms with van der Waals surface area (Å²) >= 11 is 0. The topological polar surface area (TPSA) is 52.6 Å². The fraction of sp³-hybridized carbons (Fsp3) is 0.920. The van der Waals surface area contributed by atoms with Crippen LogP contribution in [0.15, 0.2) is 0 Å². The Morgan fingerprint density at radius 3 is 1.10 bits per heavy atom. The first-order chi connectivity index (χ1) is 14.2. The Morgan fingerprint density at radius 1 is 0.448 bits per heavy atom. The van der Waals surface area contributed by atoms with Crippen molar-refractivity contribution in [1.29, 1.82) is 0 Å². The minimum Gasteiger partial charge on any atom is -0.466 e. The standard InChI is InChI=1S/C25H48O4/c1-3-5-7-9-10-11-12-13-14-16-18-23-29-25(27)21-19-20-24(26)28-22-17-15-8-6-4-2/h3-23H2,1-2H3. The number of ether oxygens (including phenoxy) is 2. The van der Waals surface area contributed by atoms with E-state index >= 15 is 0 Å². The molecule has 0 heterocycles. The summed E-state index contributed by atoms with van der Waals surface area (Å²) in [6.07, 6.45) is 21.0. The first kappa shape index (κ1) is 27.9. The van der Waals surface area contributed by atoms with Crippen molar-refractivity contribution in [2.45, 2.75) is 136 Å². The predicted octanol–water partition coefficient (Wildman–Crippen LogP) is 7.52. The van der Waals surface area contributed by atoms with E-state index in [4.69, 9.17) is 9.47 Å². The van der Waals surface area contributed by atoms with E-state index in [1.165, 1.54) is 77.0 Å². The summed E-state index contributed by atoms with van der Waals surface area (Å²) in [6, 6.07) is 0. The van der Waals surface area contributed by atoms with Gasteiger partial charge in [-0.25, -0.2) is 0 Å². The SMILES string of the molecule is CCCCCCCCCCCCCOC(=O)CCCC(=O)OCCCCCCC. The summed E-state index contributed by atoms with van der Waals surface area (Å²) in [5.41, 5.74) is 0. The average Bonchev–Trinajstić information content (AvgIpc) is 2.71. The molecule has 0 fully saturated rings. The fourth-order valence-corrected chi connectivity index (χ4v) is 3.37. The van der Waals surface area contributed by atoms with Crippen LogP contribution in [0.3, 0.4) is 0 Å². The van der Waals surface area contributed by atoms with Crippen LogP contribution in [0.25, 0.3) is 0 Å². The summed E-state index contributed by atoms with van der Waals surface area (Å²) in [6.45, 7) is 5.46. The number of hydrogen-bond acceptors (Lipinski definition) is 4. The lowest BCUT2D eigenvalue weighted by atomic mass is 10.1. The molecule has 172 valence electrons. The summed E-state index contributed by atoms with van der Waals surface area (Å²) in [7, 11) is 0. The summed E-state index contributed by atoms with van der Waals surface area (Å²) in [5, 5.41) is 0. The van der Waals surface area contributed by atoms with Gasteiger partial charge in [0.2, 0.25) is 0 Å². The van der Waals surface area contributed by atoms with Crippen LogP contribution in [0.4, 0.5) is 0 Å². The van der Waals surface area contributed by atoms with Gasteiger partial charge in [0.15, 0.2) is 0 Å². The highest BCUT2D eigenvalue weighted by Gasteiger charge is 2.07. The van der Waals surface area contributed by atoms with Crippen LogP contribution >= 0.6 is 0 Å². The van der Waals surface area contributed by atoms with Crippen LogP contribution in [-0.4, -0.2) is 25.2 Å². The highest BCUT2D eigenvalue weighted by molar-refractivity contribution is 5.72. The number of carbonyl (C=O) groups excluding carboxylic acids is 2. The zero-order valence-electron chi connectivity index (χ0n) is 19.5. The molecule has 0 amide bonds. The first-order valence-corrected chi connectivity index (χ1v) is 12.5. The van der Waals surface area contributed by atoms with Crippen molar-refractivity contribution < 1.29 is 19.1 Å². The van der Waals surface area contributed by atoms with Gasteiger partial charge in [-0.15, -0.1) is 0 Å². The second-order valence-corrected chi connectivity index (χ2v) is 8.24. The molecule has 0 aromatic heterocycles. The van der Waals surface area contributed by atoms with Crippen molar-refractivity contribution in [3.8, 4) is 0 Å². The average molecular weight is 413 g/mol. The number of unbranched alkanes of at least 4 members (excludes halogenated alkanes) is 14. The molecular formula is C25H48O4. The highest BCUT2D eigenvalue weighted by Crippen LogP contribution is 2.11. The van der Waals surface area contributed by atoms with Gasteiger partial charge in [-0.3, -0.25) is 9.59 Å². The molecule has 4 nitrogen and oxygen atoms in total. The second-order valence-electron chi connectivity index (χ2n) is 8.24. The summed E-state index contributed by atoms with van der Waals surface area (Å²) in [4.78, 5) is 23.3. The molecule has 0 aliphatic carbocycles. The normalized spacial score (nSPS) is 10.8. The minimum atomic E-state index is -0.196. The van der Waals surface area contributed by atoms with E-state index in [9.17, 15) is 9.59 Å². The molecule has 0 aliphatic heterocycles. The number of rotatable bonds is 22. The molecule has 0 radical (unpaired) electrons. The molecule has 0 N–H and O–H groups in total. The van der Waals surface area contributed by atoms with Gasteiger partial charge >= 0.3 is 11.9 Å². The molecule has 0 aliphatic rings. The molecule has 29 heavy (non-hydrogen) atoms. The van der Waals surface area contributed by atoms with Crippen LogP contribution < -0.4 is 0 Å². The van der Waals surface area contributed by atoms with E-state index in [1.54, 1.807) is 0 Å². The van der Waals surface area contributed by atoms with Gasteiger partial charge < -0.3 is 9.47 Å². The maximum atomic E-state index is 11.7. The van der Waals surface area contributed by atoms with E-state index in [0.717, 1.165) is 25.7 Å². The van der Waals surface area contributed by atoms with Crippen molar-refractivity contribution in [2.75, 3.05) is 13.2 Å². The molecule has 0 aromatic carbocycles. The van der Waals surface area contributed by atoms with Gasteiger partial charge in [0.05, 0.1) is 13.2 Å². The third kappa shape index (κ3) is 23.1. The van der Waals surface area contributed by atoms with E-state index in [0.29, 0.717) is 32.5 Å². The zero-order chi connectivity index (χ0) is 21.4. The molecule has 0 spiro atoms.